The van der Waals surface area contributed by atoms with Crippen molar-refractivity contribution in [1.82, 2.24) is 14.8 Å². The molecule has 158 valence electrons. The summed E-state index contributed by atoms with van der Waals surface area (Å²) in [6.45, 7) is 0. The molecule has 1 amide bonds. The van der Waals surface area contributed by atoms with Gasteiger partial charge in [-0.2, -0.15) is 0 Å². The Balaban J connectivity index is 1.27. The van der Waals surface area contributed by atoms with Gasteiger partial charge in [-0.3, -0.25) is 9.78 Å². The van der Waals surface area contributed by atoms with Crippen molar-refractivity contribution in [2.75, 3.05) is 5.32 Å². The highest BCUT2D eigenvalue weighted by atomic mass is 19.1. The topological polar surface area (TPSA) is 106 Å². The molecule has 31 heavy (non-hydrogen) atoms. The molecule has 3 aromatic rings. The van der Waals surface area contributed by atoms with Gasteiger partial charge < -0.3 is 15.2 Å². The van der Waals surface area contributed by atoms with Gasteiger partial charge in [0.05, 0.1) is 23.1 Å². The molecule has 9 heteroatoms. The van der Waals surface area contributed by atoms with Crippen molar-refractivity contribution in [2.45, 2.75) is 31.3 Å². The van der Waals surface area contributed by atoms with Gasteiger partial charge in [0.2, 0.25) is 5.91 Å². The Bertz CT molecular complexity index is 1170. The van der Waals surface area contributed by atoms with E-state index in [0.29, 0.717) is 42.6 Å². The Labute approximate surface area is 176 Å². The number of ether oxygens (including phenoxy) is 1. The standard InChI is InChI=1S/C22H19FN4O4/c23-14-3-5-15(6-4-14)27-12-17(28)19(26-27)25-20(29)13-7-9-22(10-8-13)18-16(21(30)31-22)2-1-11-24-18/h1-6,11-13,28H,7-10H2,(H,25,26,29)/t13-,22+. The van der Waals surface area contributed by atoms with E-state index in [9.17, 15) is 19.1 Å². The van der Waals surface area contributed by atoms with Crippen LogP contribution in [0.3, 0.4) is 0 Å². The second-order valence-corrected chi connectivity index (χ2v) is 7.83. The van der Waals surface area contributed by atoms with Gasteiger partial charge in [0, 0.05) is 12.1 Å². The molecule has 1 spiro atoms. The van der Waals surface area contributed by atoms with Crippen LogP contribution in [0, 0.1) is 11.7 Å². The Morgan fingerprint density at radius 1 is 1.23 bits per heavy atom. The molecule has 0 bridgehead atoms. The van der Waals surface area contributed by atoms with Crippen molar-refractivity contribution in [3.63, 3.8) is 0 Å². The number of hydrogen-bond acceptors (Lipinski definition) is 6. The van der Waals surface area contributed by atoms with Gasteiger partial charge in [-0.25, -0.2) is 13.9 Å². The second-order valence-electron chi connectivity index (χ2n) is 7.83. The summed E-state index contributed by atoms with van der Waals surface area (Å²) in [6, 6.07) is 9.01. The maximum atomic E-state index is 13.1. The summed E-state index contributed by atoms with van der Waals surface area (Å²) in [7, 11) is 0. The number of aromatic hydroxyl groups is 1. The molecule has 2 aliphatic rings. The van der Waals surface area contributed by atoms with Crippen LogP contribution in [0.15, 0.2) is 48.8 Å². The zero-order valence-electron chi connectivity index (χ0n) is 16.4. The molecule has 1 aliphatic carbocycles. The van der Waals surface area contributed by atoms with Crippen LogP contribution in [-0.2, 0) is 15.1 Å². The zero-order valence-corrected chi connectivity index (χ0v) is 16.4. The molecule has 0 saturated heterocycles. The van der Waals surface area contributed by atoms with E-state index in [1.807, 2.05) is 0 Å². The van der Waals surface area contributed by atoms with Crippen molar-refractivity contribution < 1.29 is 23.8 Å². The maximum Gasteiger partial charge on any atom is 0.341 e. The molecule has 1 fully saturated rings. The first-order valence-electron chi connectivity index (χ1n) is 9.99. The first-order chi connectivity index (χ1) is 14.9. The van der Waals surface area contributed by atoms with Crippen molar-refractivity contribution >= 4 is 17.7 Å². The minimum atomic E-state index is -0.767. The van der Waals surface area contributed by atoms with Crippen molar-refractivity contribution in [1.29, 1.82) is 0 Å². The lowest BCUT2D eigenvalue weighted by Gasteiger charge is -2.35. The minimum absolute atomic E-state index is 0.0360. The van der Waals surface area contributed by atoms with Crippen molar-refractivity contribution in [3.05, 3.63) is 65.9 Å². The van der Waals surface area contributed by atoms with E-state index in [1.165, 1.54) is 35.1 Å². The fraction of sp³-hybridized carbons (Fsp3) is 0.273. The predicted molar refractivity (Wildman–Crippen MR) is 107 cm³/mol. The molecular weight excluding hydrogens is 403 g/mol. The van der Waals surface area contributed by atoms with Gasteiger partial charge >= 0.3 is 5.97 Å². The van der Waals surface area contributed by atoms with Crippen LogP contribution in [0.25, 0.3) is 5.69 Å². The number of carbonyl (C=O) groups excluding carboxylic acids is 2. The van der Waals surface area contributed by atoms with Gasteiger partial charge in [-0.15, -0.1) is 5.10 Å². The average Bonchev–Trinajstić information content (AvgIpc) is 3.27. The smallest absolute Gasteiger partial charge is 0.341 e. The Morgan fingerprint density at radius 3 is 2.71 bits per heavy atom. The summed E-state index contributed by atoms with van der Waals surface area (Å²) in [4.78, 5) is 29.3. The quantitative estimate of drug-likeness (QED) is 0.628. The molecule has 1 aliphatic heterocycles. The monoisotopic (exact) mass is 422 g/mol. The van der Waals surface area contributed by atoms with E-state index in [-0.39, 0.29) is 35.2 Å². The molecule has 1 aromatic carbocycles. The number of benzene rings is 1. The highest BCUT2D eigenvalue weighted by molar-refractivity contribution is 5.95. The third-order valence-electron chi connectivity index (χ3n) is 5.94. The van der Waals surface area contributed by atoms with Crippen molar-refractivity contribution in [3.8, 4) is 11.4 Å². The van der Waals surface area contributed by atoms with E-state index in [2.05, 4.69) is 15.4 Å². The number of rotatable bonds is 3. The second kappa shape index (κ2) is 7.19. The first-order valence-corrected chi connectivity index (χ1v) is 9.99. The van der Waals surface area contributed by atoms with Crippen LogP contribution in [0.1, 0.15) is 41.7 Å². The third kappa shape index (κ3) is 3.31. The van der Waals surface area contributed by atoms with E-state index >= 15 is 0 Å². The van der Waals surface area contributed by atoms with Crippen LogP contribution in [0.4, 0.5) is 10.2 Å². The lowest BCUT2D eigenvalue weighted by atomic mass is 9.76. The van der Waals surface area contributed by atoms with E-state index in [0.717, 1.165) is 0 Å². The van der Waals surface area contributed by atoms with Crippen LogP contribution >= 0.6 is 0 Å². The lowest BCUT2D eigenvalue weighted by molar-refractivity contribution is -0.123. The number of carbonyl (C=O) groups is 2. The van der Waals surface area contributed by atoms with Gasteiger partial charge in [0.15, 0.2) is 17.2 Å². The molecule has 8 nitrogen and oxygen atoms in total. The fourth-order valence-electron chi connectivity index (χ4n) is 4.30. The molecule has 0 radical (unpaired) electrons. The number of fused-ring (bicyclic) bond motifs is 2. The maximum absolute atomic E-state index is 13.1. The summed E-state index contributed by atoms with van der Waals surface area (Å²) in [5.74, 6) is -1.48. The van der Waals surface area contributed by atoms with E-state index in [1.54, 1.807) is 18.3 Å². The number of nitrogens with zero attached hydrogens (tertiary/aromatic N) is 3. The third-order valence-corrected chi connectivity index (χ3v) is 5.94. The minimum Gasteiger partial charge on any atom is -0.503 e. The Kier molecular flexibility index (Phi) is 4.46. The largest absolute Gasteiger partial charge is 0.503 e. The van der Waals surface area contributed by atoms with Crippen LogP contribution < -0.4 is 5.32 Å². The molecule has 5 rings (SSSR count). The van der Waals surface area contributed by atoms with Gasteiger partial charge in [-0.05, 0) is 62.1 Å². The van der Waals surface area contributed by atoms with E-state index in [4.69, 9.17) is 4.74 Å². The molecule has 0 unspecified atom stereocenters. The summed E-state index contributed by atoms with van der Waals surface area (Å²) in [6.07, 6.45) is 5.00. The molecule has 3 heterocycles. The number of anilines is 1. The van der Waals surface area contributed by atoms with Crippen LogP contribution in [-0.4, -0.2) is 31.7 Å². The number of amides is 1. The van der Waals surface area contributed by atoms with E-state index < -0.39 is 5.60 Å². The number of nitrogens with one attached hydrogen (secondary N) is 1. The molecule has 0 atom stereocenters. The lowest BCUT2D eigenvalue weighted by Crippen LogP contribution is -2.36. The van der Waals surface area contributed by atoms with Crippen molar-refractivity contribution in [2.24, 2.45) is 5.92 Å². The number of hydrogen-bond donors (Lipinski definition) is 2. The highest BCUT2D eigenvalue weighted by Gasteiger charge is 2.49. The number of pyridine rings is 1. The molecule has 2 N–H and O–H groups in total. The summed E-state index contributed by atoms with van der Waals surface area (Å²) in [5.41, 5.74) is 0.916. The fourth-order valence-corrected chi connectivity index (χ4v) is 4.30. The number of esters is 1. The summed E-state index contributed by atoms with van der Waals surface area (Å²) >= 11 is 0. The number of halogens is 1. The van der Waals surface area contributed by atoms with Crippen LogP contribution in [0.5, 0.6) is 5.75 Å². The molecule has 2 aromatic heterocycles. The van der Waals surface area contributed by atoms with Gasteiger partial charge in [0.1, 0.15) is 5.82 Å². The SMILES string of the molecule is O=C1O[C@]2(CC[C@@H](C(=O)Nc3nn(-c4ccc(F)cc4)cc3O)CC2)c2ncccc21. The normalized spacial score (nSPS) is 22.2. The molecule has 1 saturated carbocycles. The first kappa shape index (κ1) is 19.2. The van der Waals surface area contributed by atoms with Crippen LogP contribution in [0.2, 0.25) is 0 Å². The number of aromatic nitrogens is 3. The summed E-state index contributed by atoms with van der Waals surface area (Å²) < 4.78 is 20.1. The Morgan fingerprint density at radius 2 is 1.97 bits per heavy atom. The average molecular weight is 422 g/mol. The van der Waals surface area contributed by atoms with Gasteiger partial charge in [-0.1, -0.05) is 0 Å². The van der Waals surface area contributed by atoms with Gasteiger partial charge in [0.25, 0.3) is 0 Å². The zero-order chi connectivity index (χ0) is 21.6. The Hall–Kier alpha value is -3.75. The highest BCUT2D eigenvalue weighted by Crippen LogP contribution is 2.47. The summed E-state index contributed by atoms with van der Waals surface area (Å²) in [5, 5.41) is 17.0. The molecular formula is C22H19FN4O4. The predicted octanol–water partition coefficient (Wildman–Crippen LogP) is 3.31.